The minimum absolute atomic E-state index is 0.0473. The number of hydrogen-bond donors (Lipinski definition) is 1. The summed E-state index contributed by atoms with van der Waals surface area (Å²) in [5.41, 5.74) is 0. The van der Waals surface area contributed by atoms with Crippen molar-refractivity contribution < 1.29 is 13.0 Å². The Labute approximate surface area is 85.7 Å². The molecule has 0 amide bonds. The van der Waals surface area contributed by atoms with E-state index in [4.69, 9.17) is 4.55 Å². The second-order valence-corrected chi connectivity index (χ2v) is 11.3. The van der Waals surface area contributed by atoms with Gasteiger partial charge in [-0.3, -0.25) is 4.55 Å². The van der Waals surface area contributed by atoms with Crippen molar-refractivity contribution in [1.29, 1.82) is 0 Å². The second kappa shape index (κ2) is 5.28. The van der Waals surface area contributed by atoms with E-state index in [-0.39, 0.29) is 24.8 Å². The molecule has 0 fully saturated rings. The van der Waals surface area contributed by atoms with Crippen LogP contribution in [0.25, 0.3) is 0 Å². The van der Waals surface area contributed by atoms with Gasteiger partial charge in [0.05, 0.1) is 5.75 Å². The molecule has 0 radical (unpaired) electrons. The predicted octanol–water partition coefficient (Wildman–Crippen LogP) is 0.224. The lowest BCUT2D eigenvalue weighted by molar-refractivity contribution is 0.479. The Morgan fingerprint density at radius 3 is 2.08 bits per heavy atom. The molecule has 0 aromatic heterocycles. The molecule has 80 valence electrons. The summed E-state index contributed by atoms with van der Waals surface area (Å²) < 4.78 is 30.0. The van der Waals surface area contributed by atoms with Gasteiger partial charge in [0.25, 0.3) is 10.1 Å². The highest BCUT2D eigenvalue weighted by Gasteiger charge is 2.20. The molecular weight excluding hydrogens is 220 g/mol. The van der Waals surface area contributed by atoms with Crippen molar-refractivity contribution in [2.24, 2.45) is 0 Å². The predicted molar refractivity (Wildman–Crippen MR) is 62.8 cm³/mol. The molecule has 0 aromatic carbocycles. The SMILES string of the molecule is C[SiH2]C(C)(CCCS(=O)(=O)O)[SiH2]C. The van der Waals surface area contributed by atoms with Crippen LogP contribution in [0.2, 0.25) is 17.8 Å². The topological polar surface area (TPSA) is 54.4 Å². The average Bonchev–Trinajstić information content (AvgIpc) is 2.02. The van der Waals surface area contributed by atoms with E-state index in [0.717, 1.165) is 6.42 Å². The molecule has 6 heteroatoms. The summed E-state index contributed by atoms with van der Waals surface area (Å²) in [6.45, 7) is 6.84. The molecule has 0 saturated carbocycles. The highest BCUT2D eigenvalue weighted by atomic mass is 32.2. The summed E-state index contributed by atoms with van der Waals surface area (Å²) in [5.74, 6) is -0.0641. The van der Waals surface area contributed by atoms with Gasteiger partial charge in [-0.15, -0.1) is 0 Å². The van der Waals surface area contributed by atoms with Gasteiger partial charge in [0.1, 0.15) is 0 Å². The molecule has 1 N–H and O–H groups in total. The third kappa shape index (κ3) is 6.42. The van der Waals surface area contributed by atoms with E-state index >= 15 is 0 Å². The van der Waals surface area contributed by atoms with E-state index in [0.29, 0.717) is 11.1 Å². The van der Waals surface area contributed by atoms with Crippen LogP contribution in [-0.4, -0.2) is 37.8 Å². The zero-order chi connectivity index (χ0) is 10.5. The zero-order valence-corrected chi connectivity index (χ0v) is 12.4. The van der Waals surface area contributed by atoms with Gasteiger partial charge in [-0.1, -0.05) is 31.1 Å². The maximum absolute atomic E-state index is 10.5. The van der Waals surface area contributed by atoms with Gasteiger partial charge in [-0.25, -0.2) is 0 Å². The Morgan fingerprint density at radius 1 is 1.31 bits per heavy atom. The summed E-state index contributed by atoms with van der Waals surface area (Å²) in [5, 5.41) is 0. The Kier molecular flexibility index (Phi) is 5.42. The monoisotopic (exact) mass is 240 g/mol. The molecule has 0 aromatic rings. The Morgan fingerprint density at radius 2 is 1.77 bits per heavy atom. The first-order valence-electron chi connectivity index (χ1n) is 4.78. The van der Waals surface area contributed by atoms with Crippen LogP contribution in [0.15, 0.2) is 0 Å². The third-order valence-corrected chi connectivity index (χ3v) is 10.8. The van der Waals surface area contributed by atoms with Crippen molar-refractivity contribution in [3.8, 4) is 0 Å². The minimum atomic E-state index is -3.73. The molecule has 0 bridgehead atoms. The molecule has 0 aliphatic heterocycles. The van der Waals surface area contributed by atoms with Crippen molar-refractivity contribution in [1.82, 2.24) is 0 Å². The van der Waals surface area contributed by atoms with Crippen molar-refractivity contribution in [2.45, 2.75) is 37.5 Å². The van der Waals surface area contributed by atoms with E-state index in [2.05, 4.69) is 20.0 Å². The highest BCUT2D eigenvalue weighted by Crippen LogP contribution is 2.28. The molecule has 0 aliphatic carbocycles. The van der Waals surface area contributed by atoms with E-state index < -0.39 is 10.1 Å². The maximum atomic E-state index is 10.5. The normalized spacial score (nSPS) is 18.8. The van der Waals surface area contributed by atoms with E-state index in [9.17, 15) is 8.42 Å². The van der Waals surface area contributed by atoms with Crippen molar-refractivity contribution >= 4 is 29.2 Å². The Bertz CT molecular complexity index is 234. The fourth-order valence-electron chi connectivity index (χ4n) is 1.28. The molecule has 0 unspecified atom stereocenters. The molecule has 0 saturated heterocycles. The lowest BCUT2D eigenvalue weighted by atomic mass is 10.2. The van der Waals surface area contributed by atoms with Gasteiger partial charge in [0, 0.05) is 19.0 Å². The molecule has 0 aliphatic rings. The zero-order valence-electron chi connectivity index (χ0n) is 8.71. The molecule has 0 atom stereocenters. The summed E-state index contributed by atoms with van der Waals surface area (Å²) >= 11 is 0. The van der Waals surface area contributed by atoms with Gasteiger partial charge in [-0.05, 0) is 6.42 Å². The van der Waals surface area contributed by atoms with Gasteiger partial charge in [0.2, 0.25) is 0 Å². The smallest absolute Gasteiger partial charge is 0.264 e. The van der Waals surface area contributed by atoms with Crippen LogP contribution in [0.5, 0.6) is 0 Å². The quantitative estimate of drug-likeness (QED) is 0.534. The van der Waals surface area contributed by atoms with Gasteiger partial charge in [0.15, 0.2) is 0 Å². The van der Waals surface area contributed by atoms with Crippen molar-refractivity contribution in [2.75, 3.05) is 5.75 Å². The third-order valence-electron chi connectivity index (χ3n) is 2.89. The van der Waals surface area contributed by atoms with E-state index in [1.54, 1.807) is 0 Å². The van der Waals surface area contributed by atoms with Crippen LogP contribution in [0, 0.1) is 0 Å². The fraction of sp³-hybridized carbons (Fsp3) is 1.00. The van der Waals surface area contributed by atoms with Gasteiger partial charge in [-0.2, -0.15) is 8.42 Å². The highest BCUT2D eigenvalue weighted by molar-refractivity contribution is 7.85. The van der Waals surface area contributed by atoms with Gasteiger partial charge >= 0.3 is 0 Å². The molecule has 3 nitrogen and oxygen atoms in total. The minimum Gasteiger partial charge on any atom is -0.286 e. The summed E-state index contributed by atoms with van der Waals surface area (Å²) in [4.78, 5) is 0. The lowest BCUT2D eigenvalue weighted by Crippen LogP contribution is -2.21. The maximum Gasteiger partial charge on any atom is 0.264 e. The molecule has 0 heterocycles. The first-order chi connectivity index (χ1) is 5.83. The van der Waals surface area contributed by atoms with Crippen LogP contribution >= 0.6 is 0 Å². The van der Waals surface area contributed by atoms with Crippen molar-refractivity contribution in [3.63, 3.8) is 0 Å². The van der Waals surface area contributed by atoms with Crippen LogP contribution in [-0.2, 0) is 10.1 Å². The van der Waals surface area contributed by atoms with E-state index in [1.165, 1.54) is 0 Å². The lowest BCUT2D eigenvalue weighted by Gasteiger charge is -2.25. The molecule has 0 rings (SSSR count). The van der Waals surface area contributed by atoms with Crippen LogP contribution in [0.4, 0.5) is 0 Å². The number of rotatable bonds is 6. The molecular formula is C7H20O3SSi2. The Hall–Kier alpha value is 0.344. The summed E-state index contributed by atoms with van der Waals surface area (Å²) in [6.07, 6.45) is 1.61. The summed E-state index contributed by atoms with van der Waals surface area (Å²) in [6, 6.07) is 0. The first kappa shape index (κ1) is 13.3. The molecule has 13 heavy (non-hydrogen) atoms. The van der Waals surface area contributed by atoms with Crippen LogP contribution < -0.4 is 0 Å². The standard InChI is InChI=1S/C7H20O3SSi2/c1-7(12-2,13-3)5-4-6-11(8,9)10/h4-6,12-13H2,1-3H3,(H,8,9,10). The second-order valence-electron chi connectivity index (χ2n) is 3.91. The van der Waals surface area contributed by atoms with Crippen molar-refractivity contribution in [3.05, 3.63) is 0 Å². The fourth-order valence-corrected chi connectivity index (χ4v) is 5.00. The van der Waals surface area contributed by atoms with E-state index in [1.807, 2.05) is 0 Å². The van der Waals surface area contributed by atoms with Crippen LogP contribution in [0.3, 0.4) is 0 Å². The average molecular weight is 240 g/mol. The largest absolute Gasteiger partial charge is 0.286 e. The summed E-state index contributed by atoms with van der Waals surface area (Å²) in [7, 11) is -3.83. The molecule has 0 spiro atoms. The Balaban J connectivity index is 3.88. The van der Waals surface area contributed by atoms with Crippen LogP contribution in [0.1, 0.15) is 19.8 Å². The number of hydrogen-bond acceptors (Lipinski definition) is 2. The van der Waals surface area contributed by atoms with Gasteiger partial charge < -0.3 is 0 Å². The first-order valence-corrected chi connectivity index (χ1v) is 10.6.